The van der Waals surface area contributed by atoms with Crippen LogP contribution in [0.2, 0.25) is 0 Å². The van der Waals surface area contributed by atoms with Gasteiger partial charge in [0.1, 0.15) is 11.5 Å². The zero-order valence-electron chi connectivity index (χ0n) is 13.6. The van der Waals surface area contributed by atoms with E-state index < -0.39 is 0 Å². The van der Waals surface area contributed by atoms with Crippen LogP contribution >= 0.6 is 0 Å². The average molecular weight is 330 g/mol. The van der Waals surface area contributed by atoms with Gasteiger partial charge in [0.15, 0.2) is 11.5 Å². The highest BCUT2D eigenvalue weighted by Gasteiger charge is 2.13. The van der Waals surface area contributed by atoms with Crippen LogP contribution in [0.15, 0.2) is 78.9 Å². The van der Waals surface area contributed by atoms with E-state index in [0.29, 0.717) is 17.2 Å². The molecule has 0 saturated carbocycles. The van der Waals surface area contributed by atoms with Crippen LogP contribution in [-0.4, -0.2) is 0 Å². The lowest BCUT2D eigenvalue weighted by Crippen LogP contribution is -2.09. The number of nitrogens with zero attached hydrogens (tertiary/aromatic N) is 1. The van der Waals surface area contributed by atoms with Crippen molar-refractivity contribution < 1.29 is 9.47 Å². The number of hydrogen-bond donors (Lipinski definition) is 1. The van der Waals surface area contributed by atoms with Crippen LogP contribution in [0.4, 0.5) is 0 Å². The molecule has 0 bridgehead atoms. The second kappa shape index (κ2) is 8.00. The van der Waals surface area contributed by atoms with E-state index in [1.54, 1.807) is 0 Å². The van der Waals surface area contributed by atoms with Crippen LogP contribution in [0.5, 0.6) is 23.0 Å². The minimum atomic E-state index is -0.367. The van der Waals surface area contributed by atoms with Gasteiger partial charge in [-0.1, -0.05) is 42.5 Å². The topological polar surface area (TPSA) is 68.3 Å². The number of hydrogen-bond acceptors (Lipinski definition) is 4. The van der Waals surface area contributed by atoms with Crippen molar-refractivity contribution in [3.8, 4) is 29.1 Å². The number of nitriles is 1. The van der Waals surface area contributed by atoms with Gasteiger partial charge in [-0.3, -0.25) is 0 Å². The molecule has 0 radical (unpaired) electrons. The Bertz CT molecular complexity index is 858. The molecule has 4 heteroatoms. The zero-order chi connectivity index (χ0) is 17.5. The van der Waals surface area contributed by atoms with Crippen molar-refractivity contribution in [2.45, 2.75) is 12.5 Å². The number of ether oxygens (including phenoxy) is 2. The maximum absolute atomic E-state index is 8.87. The number of benzene rings is 3. The summed E-state index contributed by atoms with van der Waals surface area (Å²) < 4.78 is 11.9. The van der Waals surface area contributed by atoms with Gasteiger partial charge in [-0.25, -0.2) is 0 Å². The van der Waals surface area contributed by atoms with Gasteiger partial charge in [-0.2, -0.15) is 5.26 Å². The molecule has 124 valence electrons. The summed E-state index contributed by atoms with van der Waals surface area (Å²) in [6, 6.07) is 26.2. The van der Waals surface area contributed by atoms with Crippen LogP contribution in [0, 0.1) is 11.3 Å². The molecule has 0 amide bonds. The molecule has 1 atom stereocenters. The third-order valence-electron chi connectivity index (χ3n) is 3.65. The highest BCUT2D eigenvalue weighted by Crippen LogP contribution is 2.36. The van der Waals surface area contributed by atoms with Gasteiger partial charge in [0.05, 0.1) is 12.5 Å². The summed E-state index contributed by atoms with van der Waals surface area (Å²) in [4.78, 5) is 0. The SMILES string of the molecule is N#CC[C@H](N)c1ccc(Oc2ccccc2)c(Oc2ccccc2)c1. The van der Waals surface area contributed by atoms with Crippen molar-refractivity contribution in [1.29, 1.82) is 5.26 Å². The normalized spacial score (nSPS) is 11.4. The largest absolute Gasteiger partial charge is 0.453 e. The number of nitrogens with two attached hydrogens (primary N) is 1. The summed E-state index contributed by atoms with van der Waals surface area (Å²) in [5, 5.41) is 8.87. The van der Waals surface area contributed by atoms with Gasteiger partial charge < -0.3 is 15.2 Å². The van der Waals surface area contributed by atoms with Crippen molar-refractivity contribution in [3.05, 3.63) is 84.4 Å². The molecule has 2 N–H and O–H groups in total. The van der Waals surface area contributed by atoms with Crippen LogP contribution in [0.3, 0.4) is 0 Å². The van der Waals surface area contributed by atoms with Crippen molar-refractivity contribution in [3.63, 3.8) is 0 Å². The Morgan fingerprint density at radius 1 is 0.800 bits per heavy atom. The highest BCUT2D eigenvalue weighted by molar-refractivity contribution is 5.48. The van der Waals surface area contributed by atoms with Crippen molar-refractivity contribution in [2.24, 2.45) is 5.73 Å². The van der Waals surface area contributed by atoms with E-state index in [2.05, 4.69) is 6.07 Å². The number of rotatable bonds is 6. The third-order valence-corrected chi connectivity index (χ3v) is 3.65. The molecular formula is C21H18N2O2. The zero-order valence-corrected chi connectivity index (χ0v) is 13.6. The van der Waals surface area contributed by atoms with E-state index in [1.807, 2.05) is 78.9 Å². The maximum atomic E-state index is 8.87. The Hall–Kier alpha value is -3.29. The lowest BCUT2D eigenvalue weighted by molar-refractivity contribution is 0.417. The molecule has 0 unspecified atom stereocenters. The molecule has 0 aromatic heterocycles. The maximum Gasteiger partial charge on any atom is 0.170 e. The van der Waals surface area contributed by atoms with Gasteiger partial charge >= 0.3 is 0 Å². The number of para-hydroxylation sites is 2. The summed E-state index contributed by atoms with van der Waals surface area (Å²) in [5.74, 6) is 2.56. The summed E-state index contributed by atoms with van der Waals surface area (Å²) in [6.45, 7) is 0. The first-order chi connectivity index (χ1) is 12.3. The lowest BCUT2D eigenvalue weighted by Gasteiger charge is -2.15. The molecule has 0 aliphatic carbocycles. The van der Waals surface area contributed by atoms with E-state index >= 15 is 0 Å². The molecule has 0 aliphatic rings. The fourth-order valence-corrected chi connectivity index (χ4v) is 2.37. The average Bonchev–Trinajstić information content (AvgIpc) is 2.65. The van der Waals surface area contributed by atoms with E-state index in [-0.39, 0.29) is 12.5 Å². The first kappa shape index (κ1) is 16.6. The predicted octanol–water partition coefficient (Wildman–Crippen LogP) is 5.18. The first-order valence-electron chi connectivity index (χ1n) is 7.98. The molecule has 0 saturated heterocycles. The molecule has 25 heavy (non-hydrogen) atoms. The lowest BCUT2D eigenvalue weighted by atomic mass is 10.0. The standard InChI is InChI=1S/C21H18N2O2/c22-14-13-19(23)16-11-12-20(24-17-7-3-1-4-8-17)21(15-16)25-18-9-5-2-6-10-18/h1-12,15,19H,13,23H2/t19-/m0/s1. The summed E-state index contributed by atoms with van der Waals surface area (Å²) >= 11 is 0. The van der Waals surface area contributed by atoms with E-state index in [0.717, 1.165) is 11.3 Å². The van der Waals surface area contributed by atoms with Crippen LogP contribution in [0.1, 0.15) is 18.0 Å². The Labute approximate surface area is 147 Å². The highest BCUT2D eigenvalue weighted by atomic mass is 16.5. The van der Waals surface area contributed by atoms with E-state index in [1.165, 1.54) is 0 Å². The second-order valence-electron chi connectivity index (χ2n) is 5.51. The Kier molecular flexibility index (Phi) is 5.30. The van der Waals surface area contributed by atoms with Gasteiger partial charge in [0.25, 0.3) is 0 Å². The van der Waals surface area contributed by atoms with Crippen molar-refractivity contribution in [2.75, 3.05) is 0 Å². The van der Waals surface area contributed by atoms with Gasteiger partial charge in [-0.05, 0) is 42.0 Å². The first-order valence-corrected chi connectivity index (χ1v) is 7.98. The predicted molar refractivity (Wildman–Crippen MR) is 96.6 cm³/mol. The molecule has 0 fully saturated rings. The van der Waals surface area contributed by atoms with Crippen molar-refractivity contribution >= 4 is 0 Å². The van der Waals surface area contributed by atoms with Crippen molar-refractivity contribution in [1.82, 2.24) is 0 Å². The Balaban J connectivity index is 1.94. The smallest absolute Gasteiger partial charge is 0.170 e. The summed E-state index contributed by atoms with van der Waals surface area (Å²) in [7, 11) is 0. The molecule has 3 aromatic rings. The molecule has 3 rings (SSSR count). The quantitative estimate of drug-likeness (QED) is 0.676. The fourth-order valence-electron chi connectivity index (χ4n) is 2.37. The molecule has 0 heterocycles. The molecule has 3 aromatic carbocycles. The minimum absolute atomic E-state index is 0.240. The molecule has 4 nitrogen and oxygen atoms in total. The Morgan fingerprint density at radius 3 is 1.92 bits per heavy atom. The summed E-state index contributed by atoms with van der Waals surface area (Å²) in [6.07, 6.45) is 0.240. The van der Waals surface area contributed by atoms with Crippen LogP contribution < -0.4 is 15.2 Å². The monoisotopic (exact) mass is 330 g/mol. The van der Waals surface area contributed by atoms with Crippen LogP contribution in [-0.2, 0) is 0 Å². The summed E-state index contributed by atoms with van der Waals surface area (Å²) in [5.41, 5.74) is 6.88. The van der Waals surface area contributed by atoms with Gasteiger partial charge in [0.2, 0.25) is 0 Å². The van der Waals surface area contributed by atoms with Crippen LogP contribution in [0.25, 0.3) is 0 Å². The minimum Gasteiger partial charge on any atom is -0.453 e. The van der Waals surface area contributed by atoms with Gasteiger partial charge in [0, 0.05) is 6.04 Å². The fraction of sp³-hybridized carbons (Fsp3) is 0.0952. The van der Waals surface area contributed by atoms with E-state index in [9.17, 15) is 0 Å². The third kappa shape index (κ3) is 4.37. The van der Waals surface area contributed by atoms with E-state index in [4.69, 9.17) is 20.5 Å². The second-order valence-corrected chi connectivity index (χ2v) is 5.51. The molecule has 0 aliphatic heterocycles. The van der Waals surface area contributed by atoms with Gasteiger partial charge in [-0.15, -0.1) is 0 Å². The molecule has 0 spiro atoms. The molecular weight excluding hydrogens is 312 g/mol. The Morgan fingerprint density at radius 2 is 1.36 bits per heavy atom.